The highest BCUT2D eigenvalue weighted by Gasteiger charge is 2.22. The van der Waals surface area contributed by atoms with Crippen molar-refractivity contribution in [2.75, 3.05) is 10.6 Å². The molecule has 0 aliphatic heterocycles. The first kappa shape index (κ1) is 29.9. The molecule has 0 fully saturated rings. The van der Waals surface area contributed by atoms with E-state index >= 15 is 0 Å². The Morgan fingerprint density at radius 3 is 1.66 bits per heavy atom. The summed E-state index contributed by atoms with van der Waals surface area (Å²) < 4.78 is 0. The molecule has 3 aromatic carbocycles. The molecule has 0 spiro atoms. The van der Waals surface area contributed by atoms with Gasteiger partial charge in [-0.1, -0.05) is 36.4 Å². The number of aryl methyl sites for hydroxylation is 2. The summed E-state index contributed by atoms with van der Waals surface area (Å²) in [6.07, 6.45) is 0. The average Bonchev–Trinajstić information content (AvgIpc) is 3.71. The van der Waals surface area contributed by atoms with E-state index in [0.717, 1.165) is 19.5 Å². The monoisotopic (exact) mass is 655 g/mol. The van der Waals surface area contributed by atoms with Crippen LogP contribution < -0.4 is 10.6 Å². The summed E-state index contributed by atoms with van der Waals surface area (Å²) in [5.41, 5.74) is 3.22. The number of pyridine rings is 2. The highest BCUT2D eigenvalue weighted by atomic mass is 32.1. The number of carbonyl (C=O) groups is 2. The number of amides is 2. The maximum absolute atomic E-state index is 13.8. The number of thiophene rings is 2. The van der Waals surface area contributed by atoms with Gasteiger partial charge in [0, 0.05) is 32.3 Å². The van der Waals surface area contributed by atoms with Crippen LogP contribution in [0.4, 0.5) is 17.1 Å². The van der Waals surface area contributed by atoms with E-state index < -0.39 is 16.7 Å². The smallest absolute Gasteiger partial charge is 0.292 e. The van der Waals surface area contributed by atoms with Crippen LogP contribution in [-0.4, -0.2) is 26.7 Å². The fourth-order valence-corrected chi connectivity index (χ4v) is 7.04. The van der Waals surface area contributed by atoms with Gasteiger partial charge in [0.05, 0.1) is 48.2 Å². The maximum atomic E-state index is 13.8. The minimum Gasteiger partial charge on any atom is -0.322 e. The number of nitro benzene ring substituents is 1. The van der Waals surface area contributed by atoms with Crippen LogP contribution in [-0.2, 0) is 0 Å². The maximum Gasteiger partial charge on any atom is 0.292 e. The molecule has 9 nitrogen and oxygen atoms in total. The highest BCUT2D eigenvalue weighted by Crippen LogP contribution is 2.34. The number of anilines is 2. The van der Waals surface area contributed by atoms with Gasteiger partial charge < -0.3 is 10.6 Å². The molecule has 0 saturated heterocycles. The molecule has 0 aliphatic carbocycles. The number of aromatic nitrogens is 2. The van der Waals surface area contributed by atoms with Crippen molar-refractivity contribution < 1.29 is 14.5 Å². The second-order valence-electron chi connectivity index (χ2n) is 10.9. The van der Waals surface area contributed by atoms with Gasteiger partial charge in [0.25, 0.3) is 17.5 Å². The summed E-state index contributed by atoms with van der Waals surface area (Å²) in [6.45, 7) is 4.00. The fraction of sp³-hybridized carbons (Fsp3) is 0.0556. The molecular weight excluding hydrogens is 631 g/mol. The van der Waals surface area contributed by atoms with Gasteiger partial charge in [-0.05, 0) is 74.5 Å². The standard InChI is InChI=1S/C36H25N5O4S2/c1-20-11-15-33(46-20)30-18-25(23-7-3-5-9-27(23)38-30)35(42)37-22-13-14-32(41(44)45)29(17-22)40-36(43)26-19-31(34-16-12-21(2)47-34)39-28-10-6-4-8-24(26)28/h3-19H,1-2H3,(H,37,42)(H,40,43). The lowest BCUT2D eigenvalue weighted by Gasteiger charge is -2.13. The Bertz CT molecular complexity index is 2380. The molecule has 11 heteroatoms. The Hall–Kier alpha value is -5.78. The van der Waals surface area contributed by atoms with Crippen LogP contribution in [0.2, 0.25) is 0 Å². The summed E-state index contributed by atoms with van der Waals surface area (Å²) in [5, 5.41) is 18.9. The number of para-hydroxylation sites is 2. The molecule has 47 heavy (non-hydrogen) atoms. The zero-order valence-corrected chi connectivity index (χ0v) is 26.7. The molecule has 0 unspecified atom stereocenters. The first-order valence-electron chi connectivity index (χ1n) is 14.6. The van der Waals surface area contributed by atoms with E-state index in [-0.39, 0.29) is 17.1 Å². The molecule has 0 aliphatic rings. The van der Waals surface area contributed by atoms with Crippen molar-refractivity contribution in [2.24, 2.45) is 0 Å². The third kappa shape index (κ3) is 5.97. The van der Waals surface area contributed by atoms with Crippen LogP contribution in [0.3, 0.4) is 0 Å². The van der Waals surface area contributed by atoms with Crippen molar-refractivity contribution in [3.8, 4) is 21.1 Å². The van der Waals surface area contributed by atoms with Gasteiger partial charge in [-0.2, -0.15) is 0 Å². The number of hydrogen-bond donors (Lipinski definition) is 2. The molecular formula is C36H25N5O4S2. The molecule has 2 amide bonds. The van der Waals surface area contributed by atoms with Gasteiger partial charge >= 0.3 is 0 Å². The number of carbonyl (C=O) groups excluding carboxylic acids is 2. The predicted molar refractivity (Wildman–Crippen MR) is 189 cm³/mol. The number of fused-ring (bicyclic) bond motifs is 2. The van der Waals surface area contributed by atoms with E-state index in [1.165, 1.54) is 18.2 Å². The van der Waals surface area contributed by atoms with Crippen molar-refractivity contribution in [1.82, 2.24) is 9.97 Å². The molecule has 0 radical (unpaired) electrons. The van der Waals surface area contributed by atoms with Crippen LogP contribution in [0.25, 0.3) is 42.9 Å². The Morgan fingerprint density at radius 1 is 0.660 bits per heavy atom. The van der Waals surface area contributed by atoms with Gasteiger partial charge in [-0.3, -0.25) is 19.7 Å². The van der Waals surface area contributed by atoms with Gasteiger partial charge in [0.2, 0.25) is 0 Å². The summed E-state index contributed by atoms with van der Waals surface area (Å²) in [4.78, 5) is 52.6. The minimum atomic E-state index is -0.572. The SMILES string of the molecule is Cc1ccc(-c2cc(C(=O)Nc3ccc([N+](=O)[O-])c(NC(=O)c4cc(-c5ccc(C)s5)nc5ccccc45)c3)c3ccccc3n2)s1. The zero-order valence-electron chi connectivity index (χ0n) is 25.1. The van der Waals surface area contributed by atoms with E-state index in [9.17, 15) is 19.7 Å². The second-order valence-corrected chi connectivity index (χ2v) is 13.4. The molecule has 0 bridgehead atoms. The third-order valence-electron chi connectivity index (χ3n) is 7.61. The lowest BCUT2D eigenvalue weighted by Crippen LogP contribution is -2.16. The normalized spacial score (nSPS) is 11.1. The summed E-state index contributed by atoms with van der Waals surface area (Å²) in [5.74, 6) is -0.957. The number of nitrogens with one attached hydrogen (secondary N) is 2. The van der Waals surface area contributed by atoms with E-state index in [2.05, 4.69) is 10.6 Å². The van der Waals surface area contributed by atoms with Gasteiger partial charge in [-0.25, -0.2) is 9.97 Å². The van der Waals surface area contributed by atoms with Crippen LogP contribution in [0.5, 0.6) is 0 Å². The lowest BCUT2D eigenvalue weighted by molar-refractivity contribution is -0.383. The summed E-state index contributed by atoms with van der Waals surface area (Å²) in [6, 6.07) is 30.1. The van der Waals surface area contributed by atoms with E-state index in [1.807, 2.05) is 80.6 Å². The minimum absolute atomic E-state index is 0.0541. The molecule has 4 aromatic heterocycles. The van der Waals surface area contributed by atoms with Crippen molar-refractivity contribution in [3.05, 3.63) is 134 Å². The molecule has 4 heterocycles. The largest absolute Gasteiger partial charge is 0.322 e. The van der Waals surface area contributed by atoms with Gasteiger partial charge in [0.1, 0.15) is 5.69 Å². The van der Waals surface area contributed by atoms with Crippen LogP contribution in [0, 0.1) is 24.0 Å². The fourth-order valence-electron chi connectivity index (χ4n) is 5.38. The van der Waals surface area contributed by atoms with Crippen LogP contribution >= 0.6 is 22.7 Å². The quantitative estimate of drug-likeness (QED) is 0.130. The molecule has 0 saturated carbocycles. The zero-order chi connectivity index (χ0) is 32.7. The highest BCUT2D eigenvalue weighted by molar-refractivity contribution is 7.15. The second kappa shape index (κ2) is 12.2. The molecule has 7 rings (SSSR count). The number of hydrogen-bond acceptors (Lipinski definition) is 8. The van der Waals surface area contributed by atoms with Crippen LogP contribution in [0.1, 0.15) is 30.5 Å². The molecule has 230 valence electrons. The lowest BCUT2D eigenvalue weighted by atomic mass is 10.1. The summed E-state index contributed by atoms with van der Waals surface area (Å²) >= 11 is 3.14. The number of nitro groups is 1. The van der Waals surface area contributed by atoms with Crippen molar-refractivity contribution >= 4 is 73.4 Å². The van der Waals surface area contributed by atoms with Gasteiger partial charge in [-0.15, -0.1) is 22.7 Å². The first-order chi connectivity index (χ1) is 22.7. The molecule has 0 atom stereocenters. The first-order valence-corrected chi connectivity index (χ1v) is 16.2. The van der Waals surface area contributed by atoms with E-state index in [4.69, 9.17) is 9.97 Å². The molecule has 7 aromatic rings. The van der Waals surface area contributed by atoms with E-state index in [0.29, 0.717) is 44.3 Å². The Balaban J connectivity index is 1.23. The average molecular weight is 656 g/mol. The number of nitrogens with zero attached hydrogens (tertiary/aromatic N) is 3. The van der Waals surface area contributed by atoms with Gasteiger partial charge in [0.15, 0.2) is 0 Å². The third-order valence-corrected chi connectivity index (χ3v) is 9.65. The van der Waals surface area contributed by atoms with Crippen molar-refractivity contribution in [1.29, 1.82) is 0 Å². The van der Waals surface area contributed by atoms with E-state index in [1.54, 1.807) is 40.9 Å². The Labute approximate surface area is 276 Å². The van der Waals surface area contributed by atoms with Crippen molar-refractivity contribution in [2.45, 2.75) is 13.8 Å². The van der Waals surface area contributed by atoms with Crippen molar-refractivity contribution in [3.63, 3.8) is 0 Å². The topological polar surface area (TPSA) is 127 Å². The predicted octanol–water partition coefficient (Wildman–Crippen LogP) is 9.27. The number of rotatable bonds is 7. The Kier molecular flexibility index (Phi) is 7.76. The van der Waals surface area contributed by atoms with Crippen LogP contribution in [0.15, 0.2) is 103 Å². The molecule has 2 N–H and O–H groups in total. The Morgan fingerprint density at radius 2 is 1.17 bits per heavy atom. The summed E-state index contributed by atoms with van der Waals surface area (Å²) in [7, 11) is 0. The number of benzene rings is 3.